The van der Waals surface area contributed by atoms with Crippen LogP contribution in [0.15, 0.2) is 48.5 Å². The summed E-state index contributed by atoms with van der Waals surface area (Å²) in [6, 6.07) is 15.0. The number of hydrogen-bond donors (Lipinski definition) is 0. The van der Waals surface area contributed by atoms with Gasteiger partial charge < -0.3 is 9.47 Å². The van der Waals surface area contributed by atoms with Gasteiger partial charge >= 0.3 is 5.97 Å². The van der Waals surface area contributed by atoms with E-state index in [1.807, 2.05) is 32.2 Å². The zero-order valence-electron chi connectivity index (χ0n) is 14.7. The maximum atomic E-state index is 11.9. The van der Waals surface area contributed by atoms with Crippen molar-refractivity contribution in [3.63, 3.8) is 0 Å². The van der Waals surface area contributed by atoms with E-state index in [1.165, 1.54) is 5.56 Å². The Hall–Kier alpha value is -1.46. The summed E-state index contributed by atoms with van der Waals surface area (Å²) in [6.07, 6.45) is -0.245. The minimum atomic E-state index is -0.438. The zero-order valence-corrected chi connectivity index (χ0v) is 17.0. The third-order valence-corrected chi connectivity index (χ3v) is 3.97. The average molecular weight is 419 g/mol. The largest absolute Gasteiger partial charge is 0.480 e. The summed E-state index contributed by atoms with van der Waals surface area (Å²) in [5.41, 5.74) is 1.21. The van der Waals surface area contributed by atoms with Crippen LogP contribution in [0.5, 0.6) is 5.75 Å². The topological polar surface area (TPSA) is 38.8 Å². The highest BCUT2D eigenvalue weighted by atomic mass is 35.5. The highest BCUT2D eigenvalue weighted by molar-refractivity contribution is 6.35. The van der Waals surface area contributed by atoms with Gasteiger partial charge in [-0.1, -0.05) is 53.5 Å². The maximum Gasteiger partial charge on any atom is 0.344 e. The molecule has 0 radical (unpaired) electrons. The molecule has 0 saturated heterocycles. The minimum absolute atomic E-state index is 0. The molecular weight excluding hydrogens is 397 g/mol. The standard InChI is InChI=1S/C19H21Cl2NO3.ClH/c1-14(11-22(2)12-15-6-4-3-5-7-15)25-19(23)13-24-18-9-8-16(20)10-17(18)21;/h3-10,14H,11-13H2,1-2H3;1H. The first-order chi connectivity index (χ1) is 11.9. The molecule has 7 heteroatoms. The molecule has 0 spiro atoms. The highest BCUT2D eigenvalue weighted by Crippen LogP contribution is 2.27. The van der Waals surface area contributed by atoms with Gasteiger partial charge in [0.05, 0.1) is 5.02 Å². The van der Waals surface area contributed by atoms with Crippen molar-refractivity contribution in [1.82, 2.24) is 4.90 Å². The van der Waals surface area contributed by atoms with Gasteiger partial charge in [-0.2, -0.15) is 0 Å². The van der Waals surface area contributed by atoms with Crippen LogP contribution in [0, 0.1) is 0 Å². The molecule has 0 aliphatic heterocycles. The van der Waals surface area contributed by atoms with Gasteiger partial charge in [0.1, 0.15) is 11.9 Å². The summed E-state index contributed by atoms with van der Waals surface area (Å²) in [6.45, 7) is 3.07. The van der Waals surface area contributed by atoms with E-state index in [0.29, 0.717) is 22.3 Å². The predicted octanol–water partition coefficient (Wildman–Crippen LogP) is 4.86. The summed E-state index contributed by atoms with van der Waals surface area (Å²) >= 11 is 11.8. The molecule has 0 fully saturated rings. The number of esters is 1. The first-order valence-electron chi connectivity index (χ1n) is 7.94. The number of benzene rings is 2. The summed E-state index contributed by atoms with van der Waals surface area (Å²) in [5.74, 6) is -0.0384. The molecule has 0 N–H and O–H groups in total. The molecular formula is C19H22Cl3NO3. The van der Waals surface area contributed by atoms with Gasteiger partial charge in [-0.25, -0.2) is 4.79 Å². The van der Waals surface area contributed by atoms with Crippen molar-refractivity contribution in [2.75, 3.05) is 20.2 Å². The van der Waals surface area contributed by atoms with E-state index in [4.69, 9.17) is 32.7 Å². The van der Waals surface area contributed by atoms with Crippen LogP contribution >= 0.6 is 35.6 Å². The Kier molecular flexibility index (Phi) is 9.81. The van der Waals surface area contributed by atoms with E-state index in [-0.39, 0.29) is 25.1 Å². The van der Waals surface area contributed by atoms with Gasteiger partial charge in [0.25, 0.3) is 0 Å². The summed E-state index contributed by atoms with van der Waals surface area (Å²) in [5, 5.41) is 0.867. The fraction of sp³-hybridized carbons (Fsp3) is 0.316. The lowest BCUT2D eigenvalue weighted by molar-refractivity contribution is -0.151. The van der Waals surface area contributed by atoms with Gasteiger partial charge in [0.2, 0.25) is 0 Å². The Morgan fingerprint density at radius 2 is 1.85 bits per heavy atom. The number of carbonyl (C=O) groups excluding carboxylic acids is 1. The third kappa shape index (κ3) is 7.83. The fourth-order valence-corrected chi connectivity index (χ4v) is 2.89. The summed E-state index contributed by atoms with van der Waals surface area (Å²) in [7, 11) is 1.99. The van der Waals surface area contributed by atoms with Crippen LogP contribution in [0.3, 0.4) is 0 Å². The smallest absolute Gasteiger partial charge is 0.344 e. The van der Waals surface area contributed by atoms with Crippen LogP contribution in [0.1, 0.15) is 12.5 Å². The molecule has 0 heterocycles. The Balaban J connectivity index is 0.00000338. The molecule has 1 unspecified atom stereocenters. The first-order valence-corrected chi connectivity index (χ1v) is 8.69. The molecule has 0 aromatic heterocycles. The van der Waals surface area contributed by atoms with Crippen LogP contribution in [-0.4, -0.2) is 37.2 Å². The van der Waals surface area contributed by atoms with Gasteiger partial charge in [0, 0.05) is 18.1 Å². The SMILES string of the molecule is CC(CN(C)Cc1ccccc1)OC(=O)COc1ccc(Cl)cc1Cl.Cl. The van der Waals surface area contributed by atoms with Crippen molar-refractivity contribution in [1.29, 1.82) is 0 Å². The Morgan fingerprint density at radius 1 is 1.15 bits per heavy atom. The van der Waals surface area contributed by atoms with E-state index in [1.54, 1.807) is 18.2 Å². The second-order valence-electron chi connectivity index (χ2n) is 5.85. The van der Waals surface area contributed by atoms with Crippen LogP contribution in [0.2, 0.25) is 10.0 Å². The van der Waals surface area contributed by atoms with E-state index < -0.39 is 5.97 Å². The number of likely N-dealkylation sites (N-methyl/N-ethyl adjacent to an activating group) is 1. The molecule has 26 heavy (non-hydrogen) atoms. The highest BCUT2D eigenvalue weighted by Gasteiger charge is 2.13. The predicted molar refractivity (Wildman–Crippen MR) is 108 cm³/mol. The lowest BCUT2D eigenvalue weighted by atomic mass is 10.2. The second-order valence-corrected chi connectivity index (χ2v) is 6.69. The molecule has 0 amide bonds. The van der Waals surface area contributed by atoms with Crippen molar-refractivity contribution in [3.05, 3.63) is 64.1 Å². The molecule has 0 aliphatic rings. The molecule has 142 valence electrons. The maximum absolute atomic E-state index is 11.9. The Morgan fingerprint density at radius 3 is 2.50 bits per heavy atom. The monoisotopic (exact) mass is 417 g/mol. The van der Waals surface area contributed by atoms with E-state index in [9.17, 15) is 4.79 Å². The number of carbonyl (C=O) groups is 1. The van der Waals surface area contributed by atoms with E-state index >= 15 is 0 Å². The number of rotatable bonds is 8. The average Bonchev–Trinajstić information content (AvgIpc) is 2.54. The molecule has 2 rings (SSSR count). The van der Waals surface area contributed by atoms with Gasteiger partial charge in [-0.3, -0.25) is 4.90 Å². The molecule has 0 aliphatic carbocycles. The van der Waals surface area contributed by atoms with Gasteiger partial charge in [-0.05, 0) is 37.7 Å². The Bertz CT molecular complexity index is 698. The fourth-order valence-electron chi connectivity index (χ4n) is 2.42. The molecule has 0 saturated carbocycles. The molecule has 4 nitrogen and oxygen atoms in total. The normalized spacial score (nSPS) is 11.6. The second kappa shape index (κ2) is 11.3. The molecule has 2 aromatic carbocycles. The van der Waals surface area contributed by atoms with Crippen LogP contribution in [0.4, 0.5) is 0 Å². The minimum Gasteiger partial charge on any atom is -0.480 e. The van der Waals surface area contributed by atoms with Crippen molar-refractivity contribution in [2.45, 2.75) is 19.6 Å². The number of hydrogen-bond acceptors (Lipinski definition) is 4. The summed E-state index contributed by atoms with van der Waals surface area (Å²) in [4.78, 5) is 14.0. The van der Waals surface area contributed by atoms with Gasteiger partial charge in [0.15, 0.2) is 6.61 Å². The molecule has 0 bridgehead atoms. The van der Waals surface area contributed by atoms with E-state index in [2.05, 4.69) is 17.0 Å². The zero-order chi connectivity index (χ0) is 18.2. The molecule has 2 aromatic rings. The molecule has 1 atom stereocenters. The third-order valence-electron chi connectivity index (χ3n) is 3.44. The summed E-state index contributed by atoms with van der Waals surface area (Å²) < 4.78 is 10.7. The van der Waals surface area contributed by atoms with Crippen molar-refractivity contribution in [3.8, 4) is 5.75 Å². The number of nitrogens with zero attached hydrogens (tertiary/aromatic N) is 1. The quantitative estimate of drug-likeness (QED) is 0.574. The van der Waals surface area contributed by atoms with Crippen molar-refractivity contribution >= 4 is 41.6 Å². The first kappa shape index (κ1) is 22.6. The van der Waals surface area contributed by atoms with Gasteiger partial charge in [-0.15, -0.1) is 12.4 Å². The van der Waals surface area contributed by atoms with E-state index in [0.717, 1.165) is 6.54 Å². The van der Waals surface area contributed by atoms with Crippen LogP contribution in [0.25, 0.3) is 0 Å². The Labute approximate surface area is 170 Å². The number of ether oxygens (including phenoxy) is 2. The lowest BCUT2D eigenvalue weighted by Crippen LogP contribution is -2.31. The van der Waals surface area contributed by atoms with Crippen LogP contribution in [-0.2, 0) is 16.1 Å². The van der Waals surface area contributed by atoms with Crippen LogP contribution < -0.4 is 4.74 Å². The van der Waals surface area contributed by atoms with Crippen molar-refractivity contribution < 1.29 is 14.3 Å². The lowest BCUT2D eigenvalue weighted by Gasteiger charge is -2.21. The van der Waals surface area contributed by atoms with Crippen molar-refractivity contribution in [2.24, 2.45) is 0 Å². The number of halogens is 3.